The van der Waals surface area contributed by atoms with E-state index < -0.39 is 0 Å². The molecule has 0 aromatic carbocycles. The van der Waals surface area contributed by atoms with Crippen LogP contribution in [0.25, 0.3) is 11.0 Å². The SMILES string of the molecule is CC(C)OCCCCNc1nc(NN)nc2[nH]ncc12. The van der Waals surface area contributed by atoms with Crippen LogP contribution in [0.15, 0.2) is 6.20 Å². The summed E-state index contributed by atoms with van der Waals surface area (Å²) in [5.74, 6) is 6.43. The molecule has 2 aromatic rings. The normalized spacial score (nSPS) is 11.2. The molecule has 8 heteroatoms. The highest BCUT2D eigenvalue weighted by atomic mass is 16.5. The summed E-state index contributed by atoms with van der Waals surface area (Å²) in [4.78, 5) is 8.45. The van der Waals surface area contributed by atoms with Crippen LogP contribution in [0.2, 0.25) is 0 Å². The zero-order valence-corrected chi connectivity index (χ0v) is 11.8. The Labute approximate surface area is 117 Å². The summed E-state index contributed by atoms with van der Waals surface area (Å²) in [6, 6.07) is 0. The number of H-pyrrole nitrogens is 1. The molecule has 0 aliphatic heterocycles. The number of unbranched alkanes of at least 4 members (excludes halogenated alkanes) is 1. The number of ether oxygens (including phenoxy) is 1. The van der Waals surface area contributed by atoms with Gasteiger partial charge in [-0.25, -0.2) is 5.84 Å². The molecule has 0 saturated carbocycles. The number of hydrogen-bond acceptors (Lipinski definition) is 7. The van der Waals surface area contributed by atoms with E-state index in [0.717, 1.165) is 37.2 Å². The van der Waals surface area contributed by atoms with Gasteiger partial charge in [-0.05, 0) is 26.7 Å². The molecular weight excluding hydrogens is 258 g/mol. The van der Waals surface area contributed by atoms with Crippen LogP contribution in [0.4, 0.5) is 11.8 Å². The first-order chi connectivity index (χ1) is 9.70. The van der Waals surface area contributed by atoms with Crippen molar-refractivity contribution in [2.24, 2.45) is 5.84 Å². The smallest absolute Gasteiger partial charge is 0.241 e. The van der Waals surface area contributed by atoms with Gasteiger partial charge in [-0.1, -0.05) is 0 Å². The van der Waals surface area contributed by atoms with Crippen LogP contribution in [0.3, 0.4) is 0 Å². The van der Waals surface area contributed by atoms with Gasteiger partial charge in [0.25, 0.3) is 0 Å². The van der Waals surface area contributed by atoms with Crippen LogP contribution in [0.5, 0.6) is 0 Å². The lowest BCUT2D eigenvalue weighted by Gasteiger charge is -2.09. The Morgan fingerprint density at radius 1 is 1.35 bits per heavy atom. The van der Waals surface area contributed by atoms with Crippen molar-refractivity contribution in [2.45, 2.75) is 32.8 Å². The molecule has 0 spiro atoms. The second-order valence-corrected chi connectivity index (χ2v) is 4.73. The van der Waals surface area contributed by atoms with E-state index in [1.165, 1.54) is 0 Å². The van der Waals surface area contributed by atoms with E-state index in [1.807, 2.05) is 13.8 Å². The average molecular weight is 279 g/mol. The lowest BCUT2D eigenvalue weighted by molar-refractivity contribution is 0.0765. The lowest BCUT2D eigenvalue weighted by atomic mass is 10.3. The Balaban J connectivity index is 1.87. The van der Waals surface area contributed by atoms with Crippen LogP contribution in [0.1, 0.15) is 26.7 Å². The quantitative estimate of drug-likeness (QED) is 0.327. The minimum atomic E-state index is 0.286. The number of rotatable bonds is 8. The summed E-state index contributed by atoms with van der Waals surface area (Å²) in [5.41, 5.74) is 3.09. The van der Waals surface area contributed by atoms with Gasteiger partial charge in [-0.3, -0.25) is 10.5 Å². The molecule has 110 valence electrons. The average Bonchev–Trinajstić information content (AvgIpc) is 2.90. The molecule has 0 aliphatic rings. The van der Waals surface area contributed by atoms with Crippen molar-refractivity contribution >= 4 is 22.8 Å². The van der Waals surface area contributed by atoms with Gasteiger partial charge in [0.05, 0.1) is 17.7 Å². The van der Waals surface area contributed by atoms with Gasteiger partial charge in [-0.2, -0.15) is 15.1 Å². The number of hydrazine groups is 1. The molecule has 0 saturated heterocycles. The number of nitrogens with two attached hydrogens (primary N) is 1. The van der Waals surface area contributed by atoms with E-state index >= 15 is 0 Å². The van der Waals surface area contributed by atoms with E-state index in [0.29, 0.717) is 11.6 Å². The summed E-state index contributed by atoms with van der Waals surface area (Å²) in [6.45, 7) is 5.66. The fraction of sp³-hybridized carbons (Fsp3) is 0.583. The standard InChI is InChI=1S/C12H21N7O/c1-8(2)20-6-4-3-5-14-10-9-7-15-19-11(9)17-12(16-10)18-13/h7-8H,3-6,13H2,1-2H3,(H3,14,15,16,17,18,19). The van der Waals surface area contributed by atoms with E-state index in [4.69, 9.17) is 10.6 Å². The van der Waals surface area contributed by atoms with E-state index in [1.54, 1.807) is 6.20 Å². The molecule has 0 amide bonds. The molecule has 2 rings (SSSR count). The largest absolute Gasteiger partial charge is 0.379 e. The third-order valence-corrected chi connectivity index (χ3v) is 2.75. The van der Waals surface area contributed by atoms with Crippen molar-refractivity contribution in [1.82, 2.24) is 20.2 Å². The third kappa shape index (κ3) is 3.78. The summed E-state index contributed by atoms with van der Waals surface area (Å²) in [5, 5.41) is 10.9. The molecule has 2 aromatic heterocycles. The highest BCUT2D eigenvalue weighted by Gasteiger charge is 2.08. The van der Waals surface area contributed by atoms with Crippen LogP contribution < -0.4 is 16.6 Å². The number of nitrogens with zero attached hydrogens (tertiary/aromatic N) is 3. The highest BCUT2D eigenvalue weighted by Crippen LogP contribution is 2.19. The first-order valence-electron chi connectivity index (χ1n) is 6.74. The zero-order valence-electron chi connectivity index (χ0n) is 11.8. The summed E-state index contributed by atoms with van der Waals surface area (Å²) < 4.78 is 5.49. The van der Waals surface area contributed by atoms with Gasteiger partial charge < -0.3 is 10.1 Å². The molecule has 2 heterocycles. The maximum absolute atomic E-state index is 5.49. The molecular formula is C12H21N7O. The van der Waals surface area contributed by atoms with Crippen molar-refractivity contribution in [3.8, 4) is 0 Å². The molecule has 0 fully saturated rings. The van der Waals surface area contributed by atoms with E-state index in [2.05, 4.69) is 30.9 Å². The minimum absolute atomic E-state index is 0.286. The maximum atomic E-state index is 5.49. The number of hydrogen-bond donors (Lipinski definition) is 4. The molecule has 8 nitrogen and oxygen atoms in total. The van der Waals surface area contributed by atoms with Crippen LogP contribution in [-0.2, 0) is 4.74 Å². The number of fused-ring (bicyclic) bond motifs is 1. The van der Waals surface area contributed by atoms with Crippen LogP contribution in [0, 0.1) is 0 Å². The summed E-state index contributed by atoms with van der Waals surface area (Å²) >= 11 is 0. The molecule has 0 unspecified atom stereocenters. The monoisotopic (exact) mass is 279 g/mol. The number of aromatic nitrogens is 4. The van der Waals surface area contributed by atoms with Gasteiger partial charge in [0.15, 0.2) is 5.65 Å². The van der Waals surface area contributed by atoms with Crippen LogP contribution >= 0.6 is 0 Å². The first kappa shape index (κ1) is 14.5. The number of nitrogen functional groups attached to an aromatic ring is 1. The zero-order chi connectivity index (χ0) is 14.4. The van der Waals surface area contributed by atoms with Crippen molar-refractivity contribution < 1.29 is 4.74 Å². The molecule has 0 bridgehead atoms. The maximum Gasteiger partial charge on any atom is 0.241 e. The fourth-order valence-electron chi connectivity index (χ4n) is 1.79. The molecule has 20 heavy (non-hydrogen) atoms. The van der Waals surface area contributed by atoms with Gasteiger partial charge in [0.1, 0.15) is 5.82 Å². The highest BCUT2D eigenvalue weighted by molar-refractivity contribution is 5.86. The molecule has 5 N–H and O–H groups in total. The molecule has 0 atom stereocenters. The van der Waals surface area contributed by atoms with E-state index in [-0.39, 0.29) is 6.10 Å². The summed E-state index contributed by atoms with van der Waals surface area (Å²) in [7, 11) is 0. The topological polar surface area (TPSA) is 114 Å². The number of anilines is 2. The fourth-order valence-corrected chi connectivity index (χ4v) is 1.79. The molecule has 0 aliphatic carbocycles. The van der Waals surface area contributed by atoms with Crippen molar-refractivity contribution in [1.29, 1.82) is 0 Å². The lowest BCUT2D eigenvalue weighted by Crippen LogP contribution is -2.13. The number of aromatic amines is 1. The Bertz CT molecular complexity index is 540. The Hall–Kier alpha value is -1.93. The van der Waals surface area contributed by atoms with Gasteiger partial charge in [0, 0.05) is 13.2 Å². The number of nitrogens with one attached hydrogen (secondary N) is 3. The van der Waals surface area contributed by atoms with E-state index in [9.17, 15) is 0 Å². The minimum Gasteiger partial charge on any atom is -0.379 e. The van der Waals surface area contributed by atoms with Crippen molar-refractivity contribution in [2.75, 3.05) is 23.9 Å². The Kier molecular flexibility index (Phi) is 5.08. The van der Waals surface area contributed by atoms with Crippen molar-refractivity contribution in [3.05, 3.63) is 6.20 Å². The predicted molar refractivity (Wildman–Crippen MR) is 78.3 cm³/mol. The summed E-state index contributed by atoms with van der Waals surface area (Å²) in [6.07, 6.45) is 3.99. The second-order valence-electron chi connectivity index (χ2n) is 4.73. The second kappa shape index (κ2) is 7.01. The Morgan fingerprint density at radius 3 is 2.95 bits per heavy atom. The first-order valence-corrected chi connectivity index (χ1v) is 6.74. The van der Waals surface area contributed by atoms with Crippen LogP contribution in [-0.4, -0.2) is 39.4 Å². The van der Waals surface area contributed by atoms with Gasteiger partial charge in [-0.15, -0.1) is 0 Å². The molecule has 0 radical (unpaired) electrons. The van der Waals surface area contributed by atoms with Crippen molar-refractivity contribution in [3.63, 3.8) is 0 Å². The predicted octanol–water partition coefficient (Wildman–Crippen LogP) is 1.26. The van der Waals surface area contributed by atoms with Gasteiger partial charge >= 0.3 is 0 Å². The van der Waals surface area contributed by atoms with Gasteiger partial charge in [0.2, 0.25) is 5.95 Å². The Morgan fingerprint density at radius 2 is 2.20 bits per heavy atom. The third-order valence-electron chi connectivity index (χ3n) is 2.75.